The second-order valence-corrected chi connectivity index (χ2v) is 7.19. The minimum Gasteiger partial charge on any atom is -0.310 e. The van der Waals surface area contributed by atoms with Crippen LogP contribution in [0.1, 0.15) is 58.1 Å². The molecule has 1 N–H and O–H groups in total. The average molecular weight is 288 g/mol. The van der Waals surface area contributed by atoms with Gasteiger partial charge in [-0.2, -0.15) is 0 Å². The zero-order chi connectivity index (χ0) is 15.2. The summed E-state index contributed by atoms with van der Waals surface area (Å²) in [5, 5.41) is 3.55. The molecule has 0 amide bonds. The van der Waals surface area contributed by atoms with Crippen molar-refractivity contribution >= 4 is 0 Å². The molecule has 0 heterocycles. The molecule has 0 aromatic heterocycles. The Hall–Kier alpha value is -0.860. The quantitative estimate of drug-likeness (QED) is 0.733. The van der Waals surface area contributed by atoms with Crippen LogP contribution in [0.25, 0.3) is 0 Å². The van der Waals surface area contributed by atoms with Crippen molar-refractivity contribution in [2.75, 3.05) is 6.54 Å². The lowest BCUT2D eigenvalue weighted by Crippen LogP contribution is -2.29. The smallest absolute Gasteiger partial charge is 0.0239 e. The molecule has 2 rings (SSSR count). The van der Waals surface area contributed by atoms with E-state index in [-0.39, 0.29) is 0 Å². The number of nitrogens with zero attached hydrogens (tertiary/aromatic N) is 1. The minimum absolute atomic E-state index is 0.540. The summed E-state index contributed by atoms with van der Waals surface area (Å²) in [5.74, 6) is 0.795. The first-order valence-electron chi connectivity index (χ1n) is 8.60. The Labute approximate surface area is 130 Å². The lowest BCUT2D eigenvalue weighted by Gasteiger charge is -2.24. The van der Waals surface area contributed by atoms with Gasteiger partial charge in [0.2, 0.25) is 0 Å². The first kappa shape index (κ1) is 16.5. The maximum atomic E-state index is 3.55. The highest BCUT2D eigenvalue weighted by molar-refractivity contribution is 5.27. The molecule has 0 saturated heterocycles. The molecule has 0 radical (unpaired) electrons. The summed E-state index contributed by atoms with van der Waals surface area (Å²) in [6.45, 7) is 12.4. The van der Waals surface area contributed by atoms with Crippen LogP contribution in [0.3, 0.4) is 0 Å². The highest BCUT2D eigenvalue weighted by atomic mass is 15.2. The van der Waals surface area contributed by atoms with E-state index in [1.54, 1.807) is 0 Å². The van der Waals surface area contributed by atoms with Crippen molar-refractivity contribution in [3.63, 3.8) is 0 Å². The Kier molecular flexibility index (Phi) is 6.25. The fourth-order valence-electron chi connectivity index (χ4n) is 2.67. The molecule has 2 nitrogen and oxygen atoms in total. The van der Waals surface area contributed by atoms with Gasteiger partial charge in [0.15, 0.2) is 0 Å². The topological polar surface area (TPSA) is 15.3 Å². The molecule has 21 heavy (non-hydrogen) atoms. The molecule has 0 atom stereocenters. The molecule has 2 heteroatoms. The Morgan fingerprint density at radius 3 is 2.33 bits per heavy atom. The Morgan fingerprint density at radius 2 is 1.76 bits per heavy atom. The van der Waals surface area contributed by atoms with Gasteiger partial charge >= 0.3 is 0 Å². The van der Waals surface area contributed by atoms with E-state index in [1.165, 1.54) is 36.9 Å². The van der Waals surface area contributed by atoms with Crippen LogP contribution in [0.4, 0.5) is 0 Å². The predicted molar refractivity (Wildman–Crippen MR) is 91.3 cm³/mol. The largest absolute Gasteiger partial charge is 0.310 e. The van der Waals surface area contributed by atoms with Crippen molar-refractivity contribution in [3.8, 4) is 0 Å². The lowest BCUT2D eigenvalue weighted by molar-refractivity contribution is 0.238. The summed E-state index contributed by atoms with van der Waals surface area (Å²) >= 11 is 0. The van der Waals surface area contributed by atoms with Gasteiger partial charge in [-0.25, -0.2) is 0 Å². The van der Waals surface area contributed by atoms with E-state index in [4.69, 9.17) is 0 Å². The maximum Gasteiger partial charge on any atom is 0.0239 e. The van der Waals surface area contributed by atoms with Gasteiger partial charge in [0.05, 0.1) is 0 Å². The lowest BCUT2D eigenvalue weighted by atomic mass is 10.1. The number of nitrogens with one attached hydrogen (secondary N) is 1. The van der Waals surface area contributed by atoms with Crippen molar-refractivity contribution in [2.45, 2.75) is 72.1 Å². The number of benzene rings is 1. The van der Waals surface area contributed by atoms with Gasteiger partial charge in [-0.3, -0.25) is 4.90 Å². The van der Waals surface area contributed by atoms with Crippen molar-refractivity contribution in [3.05, 3.63) is 35.4 Å². The van der Waals surface area contributed by atoms with E-state index >= 15 is 0 Å². The van der Waals surface area contributed by atoms with E-state index in [1.807, 2.05) is 0 Å². The van der Waals surface area contributed by atoms with Crippen molar-refractivity contribution in [1.29, 1.82) is 0 Å². The molecule has 1 saturated carbocycles. The van der Waals surface area contributed by atoms with E-state index in [9.17, 15) is 0 Å². The standard InChI is InChI=1S/C19H32N2/c1-15(2)11-12-21(19-9-10-19)14-18-8-6-5-7-17(18)13-20-16(3)4/h5-8,15-16,19-20H,9-14H2,1-4H3. The molecule has 0 unspecified atom stereocenters. The van der Waals surface area contributed by atoms with Crippen LogP contribution in [0.2, 0.25) is 0 Å². The molecule has 118 valence electrons. The molecule has 1 aromatic carbocycles. The first-order valence-corrected chi connectivity index (χ1v) is 8.60. The summed E-state index contributed by atoms with van der Waals surface area (Å²) < 4.78 is 0. The molecule has 0 bridgehead atoms. The minimum atomic E-state index is 0.540. The summed E-state index contributed by atoms with van der Waals surface area (Å²) in [4.78, 5) is 2.70. The molecule has 1 aliphatic rings. The van der Waals surface area contributed by atoms with Crippen LogP contribution in [0.15, 0.2) is 24.3 Å². The van der Waals surface area contributed by atoms with Gasteiger partial charge < -0.3 is 5.32 Å². The summed E-state index contributed by atoms with van der Waals surface area (Å²) in [5.41, 5.74) is 2.96. The van der Waals surface area contributed by atoms with Crippen LogP contribution < -0.4 is 5.32 Å². The van der Waals surface area contributed by atoms with E-state index in [0.717, 1.165) is 25.0 Å². The number of hydrogen-bond acceptors (Lipinski definition) is 2. The van der Waals surface area contributed by atoms with Crippen LogP contribution in [-0.2, 0) is 13.1 Å². The summed E-state index contributed by atoms with van der Waals surface area (Å²) in [7, 11) is 0. The summed E-state index contributed by atoms with van der Waals surface area (Å²) in [6.07, 6.45) is 4.10. The Bertz CT molecular complexity index is 421. The average Bonchev–Trinajstić information content (AvgIpc) is 3.26. The third-order valence-corrected chi connectivity index (χ3v) is 4.25. The first-order chi connectivity index (χ1) is 10.1. The van der Waals surface area contributed by atoms with Gasteiger partial charge in [-0.15, -0.1) is 0 Å². The SMILES string of the molecule is CC(C)CCN(Cc1ccccc1CNC(C)C)C1CC1. The van der Waals surface area contributed by atoms with Crippen molar-refractivity contribution in [2.24, 2.45) is 5.92 Å². The van der Waals surface area contributed by atoms with E-state index in [2.05, 4.69) is 62.2 Å². The van der Waals surface area contributed by atoms with Gasteiger partial charge in [-0.05, 0) is 42.9 Å². The molecule has 0 aliphatic heterocycles. The predicted octanol–water partition coefficient (Wildman–Crippen LogP) is 4.20. The Morgan fingerprint density at radius 1 is 1.10 bits per heavy atom. The normalized spacial score (nSPS) is 15.4. The van der Waals surface area contributed by atoms with Crippen LogP contribution >= 0.6 is 0 Å². The van der Waals surface area contributed by atoms with Gasteiger partial charge in [0.25, 0.3) is 0 Å². The van der Waals surface area contributed by atoms with Gasteiger partial charge in [0, 0.05) is 25.2 Å². The molecule has 1 aromatic rings. The van der Waals surface area contributed by atoms with E-state index < -0.39 is 0 Å². The van der Waals surface area contributed by atoms with Gasteiger partial charge in [0.1, 0.15) is 0 Å². The van der Waals surface area contributed by atoms with Crippen LogP contribution in [0.5, 0.6) is 0 Å². The fourth-order valence-corrected chi connectivity index (χ4v) is 2.67. The molecular weight excluding hydrogens is 256 g/mol. The van der Waals surface area contributed by atoms with Crippen LogP contribution in [0, 0.1) is 5.92 Å². The zero-order valence-electron chi connectivity index (χ0n) is 14.2. The maximum absolute atomic E-state index is 3.55. The van der Waals surface area contributed by atoms with Crippen molar-refractivity contribution < 1.29 is 0 Å². The second kappa shape index (κ2) is 7.95. The number of hydrogen-bond donors (Lipinski definition) is 1. The molecule has 1 aliphatic carbocycles. The Balaban J connectivity index is 1.98. The highest BCUT2D eigenvalue weighted by Crippen LogP contribution is 2.29. The van der Waals surface area contributed by atoms with Crippen LogP contribution in [-0.4, -0.2) is 23.5 Å². The molecular formula is C19H32N2. The van der Waals surface area contributed by atoms with Crippen molar-refractivity contribution in [1.82, 2.24) is 10.2 Å². The zero-order valence-corrected chi connectivity index (χ0v) is 14.2. The monoisotopic (exact) mass is 288 g/mol. The third-order valence-electron chi connectivity index (χ3n) is 4.25. The second-order valence-electron chi connectivity index (χ2n) is 7.19. The van der Waals surface area contributed by atoms with Gasteiger partial charge in [-0.1, -0.05) is 52.0 Å². The molecule has 1 fully saturated rings. The fraction of sp³-hybridized carbons (Fsp3) is 0.684. The summed E-state index contributed by atoms with van der Waals surface area (Å²) in [6, 6.07) is 10.3. The third kappa shape index (κ3) is 5.80. The number of rotatable bonds is 9. The highest BCUT2D eigenvalue weighted by Gasteiger charge is 2.29. The molecule has 0 spiro atoms. The van der Waals surface area contributed by atoms with E-state index in [0.29, 0.717) is 6.04 Å².